The Hall–Kier alpha value is -1.82. The molecule has 0 aliphatic rings. The van der Waals surface area contributed by atoms with Gasteiger partial charge in [0.1, 0.15) is 5.82 Å². The third kappa shape index (κ3) is 3.07. The number of nitrogen functional groups attached to an aromatic ring is 2. The molecule has 1 aromatic carbocycles. The number of hydrogen-bond acceptors (Lipinski definition) is 5. The van der Waals surface area contributed by atoms with Crippen LogP contribution < -0.4 is 16.8 Å². The van der Waals surface area contributed by atoms with Gasteiger partial charge >= 0.3 is 0 Å². The minimum atomic E-state index is 0.190. The molecule has 1 heterocycles. The van der Waals surface area contributed by atoms with E-state index in [0.29, 0.717) is 12.4 Å². The van der Waals surface area contributed by atoms with E-state index in [1.807, 2.05) is 24.3 Å². The molecule has 0 spiro atoms. The normalized spacial score (nSPS) is 10.2. The molecule has 0 atom stereocenters. The smallest absolute Gasteiger partial charge is 0.221 e. The molecule has 1 aromatic heterocycles. The number of nitrogens with one attached hydrogen (secondary N) is 1. The van der Waals surface area contributed by atoms with E-state index in [9.17, 15) is 0 Å². The summed E-state index contributed by atoms with van der Waals surface area (Å²) in [5.41, 5.74) is 13.0. The van der Waals surface area contributed by atoms with Gasteiger partial charge in [0.15, 0.2) is 0 Å². The Labute approximate surface area is 107 Å². The second-order valence-corrected chi connectivity index (χ2v) is 4.41. The predicted molar refractivity (Wildman–Crippen MR) is 72.3 cm³/mol. The highest BCUT2D eigenvalue weighted by molar-refractivity contribution is 9.10. The van der Waals surface area contributed by atoms with E-state index in [0.717, 1.165) is 15.7 Å². The minimum Gasteiger partial charge on any atom is -0.383 e. The fraction of sp³-hybridized carbons (Fsp3) is 0.0909. The van der Waals surface area contributed by atoms with Crippen LogP contribution >= 0.6 is 15.9 Å². The number of hydrogen-bond donors (Lipinski definition) is 3. The van der Waals surface area contributed by atoms with Crippen molar-refractivity contribution in [3.8, 4) is 0 Å². The number of halogens is 1. The van der Waals surface area contributed by atoms with Crippen LogP contribution in [0.5, 0.6) is 0 Å². The van der Waals surface area contributed by atoms with Crippen LogP contribution in [0.3, 0.4) is 0 Å². The summed E-state index contributed by atoms with van der Waals surface area (Å²) in [5.74, 6) is 0.594. The van der Waals surface area contributed by atoms with E-state index < -0.39 is 0 Å². The number of nitrogens with two attached hydrogens (primary N) is 2. The average molecular weight is 294 g/mol. The topological polar surface area (TPSA) is 89.8 Å². The summed E-state index contributed by atoms with van der Waals surface area (Å²) >= 11 is 3.38. The molecule has 0 aliphatic carbocycles. The molecule has 0 radical (unpaired) electrons. The van der Waals surface area contributed by atoms with Crippen molar-refractivity contribution in [3.63, 3.8) is 0 Å². The second kappa shape index (κ2) is 5.01. The molecule has 0 unspecified atom stereocenters. The average Bonchev–Trinajstić information content (AvgIpc) is 2.30. The molecular weight excluding hydrogens is 282 g/mol. The van der Waals surface area contributed by atoms with Crippen LogP contribution in [0.1, 0.15) is 5.56 Å². The molecule has 17 heavy (non-hydrogen) atoms. The van der Waals surface area contributed by atoms with Gasteiger partial charge in [-0.1, -0.05) is 15.9 Å². The summed E-state index contributed by atoms with van der Waals surface area (Å²) in [6.45, 7) is 0.563. The van der Waals surface area contributed by atoms with Gasteiger partial charge in [-0.3, -0.25) is 0 Å². The summed E-state index contributed by atoms with van der Waals surface area (Å²) < 4.78 is 1.04. The van der Waals surface area contributed by atoms with E-state index in [1.54, 1.807) is 6.20 Å². The third-order valence-corrected chi connectivity index (χ3v) is 2.77. The molecule has 0 saturated heterocycles. The van der Waals surface area contributed by atoms with E-state index >= 15 is 0 Å². The van der Waals surface area contributed by atoms with E-state index in [2.05, 4.69) is 31.2 Å². The van der Waals surface area contributed by atoms with Gasteiger partial charge in [0, 0.05) is 28.5 Å². The van der Waals surface area contributed by atoms with Crippen molar-refractivity contribution in [1.29, 1.82) is 0 Å². The minimum absolute atomic E-state index is 0.190. The maximum atomic E-state index is 5.73. The lowest BCUT2D eigenvalue weighted by Crippen LogP contribution is -2.07. The molecule has 2 rings (SSSR count). The van der Waals surface area contributed by atoms with Crippen LogP contribution in [-0.2, 0) is 6.54 Å². The number of nitrogens with zero attached hydrogens (tertiary/aromatic N) is 2. The largest absolute Gasteiger partial charge is 0.383 e. The van der Waals surface area contributed by atoms with Crippen LogP contribution in [0.25, 0.3) is 0 Å². The number of aromatic nitrogens is 2. The Balaban J connectivity index is 2.04. The van der Waals surface area contributed by atoms with E-state index in [1.165, 1.54) is 0 Å². The summed E-state index contributed by atoms with van der Waals surface area (Å²) in [7, 11) is 0. The highest BCUT2D eigenvalue weighted by Gasteiger charge is 2.02. The molecule has 0 bridgehead atoms. The van der Waals surface area contributed by atoms with Crippen molar-refractivity contribution in [2.24, 2.45) is 0 Å². The summed E-state index contributed by atoms with van der Waals surface area (Å²) in [6, 6.07) is 7.87. The monoisotopic (exact) mass is 293 g/mol. The lowest BCUT2D eigenvalue weighted by atomic mass is 10.2. The molecule has 2 aromatic rings. The maximum Gasteiger partial charge on any atom is 0.221 e. The Kier molecular flexibility index (Phi) is 3.43. The van der Waals surface area contributed by atoms with Crippen LogP contribution in [0.2, 0.25) is 0 Å². The number of benzene rings is 1. The Bertz CT molecular complexity index is 512. The first-order valence-electron chi connectivity index (χ1n) is 5.01. The molecule has 0 amide bonds. The molecule has 0 fully saturated rings. The quantitative estimate of drug-likeness (QED) is 0.805. The van der Waals surface area contributed by atoms with Gasteiger partial charge in [-0.2, -0.15) is 4.98 Å². The molecule has 0 aliphatic heterocycles. The van der Waals surface area contributed by atoms with Gasteiger partial charge in [0.25, 0.3) is 0 Å². The molecule has 0 saturated carbocycles. The van der Waals surface area contributed by atoms with Crippen molar-refractivity contribution in [2.75, 3.05) is 16.8 Å². The van der Waals surface area contributed by atoms with Crippen LogP contribution in [0.15, 0.2) is 34.9 Å². The zero-order valence-electron chi connectivity index (χ0n) is 9.02. The van der Waals surface area contributed by atoms with Gasteiger partial charge in [0.05, 0.1) is 0 Å². The first kappa shape index (κ1) is 11.7. The second-order valence-electron chi connectivity index (χ2n) is 3.50. The third-order valence-electron chi connectivity index (χ3n) is 2.24. The van der Waals surface area contributed by atoms with Gasteiger partial charge in [-0.05, 0) is 24.3 Å². The standard InChI is InChI=1S/C11H12BrN5/c12-8-1-3-9(4-2-8)15-5-7-6-16-11(14)17-10(7)13/h1-4,6,15H,5H2,(H4,13,14,16,17). The van der Waals surface area contributed by atoms with Crippen molar-refractivity contribution in [1.82, 2.24) is 9.97 Å². The Morgan fingerprint density at radius 2 is 1.88 bits per heavy atom. The molecule has 88 valence electrons. The lowest BCUT2D eigenvalue weighted by molar-refractivity contribution is 1.07. The van der Waals surface area contributed by atoms with Gasteiger partial charge in [-0.15, -0.1) is 0 Å². The molecule has 6 heteroatoms. The lowest BCUT2D eigenvalue weighted by Gasteiger charge is -2.08. The highest BCUT2D eigenvalue weighted by Crippen LogP contribution is 2.16. The van der Waals surface area contributed by atoms with Crippen molar-refractivity contribution in [3.05, 3.63) is 40.5 Å². The zero-order chi connectivity index (χ0) is 12.3. The van der Waals surface area contributed by atoms with Gasteiger partial charge in [0.2, 0.25) is 5.95 Å². The maximum absolute atomic E-state index is 5.73. The Morgan fingerprint density at radius 3 is 2.53 bits per heavy atom. The molecular formula is C11H12BrN5. The Morgan fingerprint density at radius 1 is 1.18 bits per heavy atom. The summed E-state index contributed by atoms with van der Waals surface area (Å²) in [4.78, 5) is 7.80. The predicted octanol–water partition coefficient (Wildman–Crippen LogP) is 2.02. The summed E-state index contributed by atoms with van der Waals surface area (Å²) in [5, 5.41) is 3.23. The molecule has 5 N–H and O–H groups in total. The van der Waals surface area contributed by atoms with E-state index in [4.69, 9.17) is 11.5 Å². The van der Waals surface area contributed by atoms with Crippen LogP contribution in [0, 0.1) is 0 Å². The van der Waals surface area contributed by atoms with Crippen molar-refractivity contribution < 1.29 is 0 Å². The first-order chi connectivity index (χ1) is 8.15. The SMILES string of the molecule is Nc1ncc(CNc2ccc(Br)cc2)c(N)n1. The number of rotatable bonds is 3. The van der Waals surface area contributed by atoms with Crippen LogP contribution in [0.4, 0.5) is 17.5 Å². The fourth-order valence-corrected chi connectivity index (χ4v) is 1.60. The van der Waals surface area contributed by atoms with Crippen LogP contribution in [-0.4, -0.2) is 9.97 Å². The van der Waals surface area contributed by atoms with Crippen molar-refractivity contribution in [2.45, 2.75) is 6.54 Å². The first-order valence-corrected chi connectivity index (χ1v) is 5.81. The zero-order valence-corrected chi connectivity index (χ0v) is 10.6. The van der Waals surface area contributed by atoms with E-state index in [-0.39, 0.29) is 5.95 Å². The molecule has 5 nitrogen and oxygen atoms in total. The van der Waals surface area contributed by atoms with Gasteiger partial charge in [-0.25, -0.2) is 4.98 Å². The van der Waals surface area contributed by atoms with Crippen molar-refractivity contribution >= 4 is 33.4 Å². The summed E-state index contributed by atoms with van der Waals surface area (Å²) in [6.07, 6.45) is 1.63. The number of anilines is 3. The van der Waals surface area contributed by atoms with Gasteiger partial charge < -0.3 is 16.8 Å². The fourth-order valence-electron chi connectivity index (χ4n) is 1.34. The highest BCUT2D eigenvalue weighted by atomic mass is 79.9.